The molecular weight excluding hydrogens is 296 g/mol. The first kappa shape index (κ1) is 18.0. The maximum Gasteiger partial charge on any atom is 0.227 e. The normalized spacial score (nSPS) is 13.1. The lowest BCUT2D eigenvalue weighted by atomic mass is 9.94. The zero-order valence-electron chi connectivity index (χ0n) is 14.3. The summed E-state index contributed by atoms with van der Waals surface area (Å²) in [6, 6.07) is 19.7. The molecular formula is C21H26N2O. The summed E-state index contributed by atoms with van der Waals surface area (Å²) < 4.78 is 0. The highest BCUT2D eigenvalue weighted by Crippen LogP contribution is 2.21. The second-order valence-electron chi connectivity index (χ2n) is 6.03. The van der Waals surface area contributed by atoms with Gasteiger partial charge in [-0.3, -0.25) is 4.79 Å². The van der Waals surface area contributed by atoms with E-state index in [4.69, 9.17) is 5.73 Å². The van der Waals surface area contributed by atoms with Gasteiger partial charge in [0.1, 0.15) is 0 Å². The highest BCUT2D eigenvalue weighted by molar-refractivity contribution is 5.79. The maximum atomic E-state index is 12.9. The van der Waals surface area contributed by atoms with Crippen LogP contribution in [0.2, 0.25) is 0 Å². The van der Waals surface area contributed by atoms with E-state index in [-0.39, 0.29) is 17.9 Å². The van der Waals surface area contributed by atoms with Crippen molar-refractivity contribution in [2.45, 2.75) is 19.4 Å². The molecule has 0 aliphatic carbocycles. The van der Waals surface area contributed by atoms with Gasteiger partial charge in [0.05, 0.1) is 5.92 Å². The summed E-state index contributed by atoms with van der Waals surface area (Å²) in [5.74, 6) is -0.203. The van der Waals surface area contributed by atoms with Crippen molar-refractivity contribution in [3.8, 4) is 0 Å². The molecule has 2 unspecified atom stereocenters. The van der Waals surface area contributed by atoms with Crippen molar-refractivity contribution in [2.24, 2.45) is 11.7 Å². The van der Waals surface area contributed by atoms with Crippen LogP contribution in [-0.2, 0) is 11.2 Å². The van der Waals surface area contributed by atoms with E-state index in [1.165, 1.54) is 5.56 Å². The minimum absolute atomic E-state index is 0.0715. The monoisotopic (exact) mass is 322 g/mol. The summed E-state index contributed by atoms with van der Waals surface area (Å²) in [5, 5.41) is 0. The van der Waals surface area contributed by atoms with Crippen molar-refractivity contribution in [1.82, 2.24) is 4.90 Å². The van der Waals surface area contributed by atoms with Crippen LogP contribution in [0.1, 0.15) is 24.1 Å². The largest absolute Gasteiger partial charge is 0.338 e. The molecule has 0 radical (unpaired) electrons. The number of carbonyl (C=O) groups is 1. The highest BCUT2D eigenvalue weighted by Gasteiger charge is 2.26. The molecule has 1 amide bonds. The van der Waals surface area contributed by atoms with Crippen molar-refractivity contribution in [2.75, 3.05) is 13.1 Å². The van der Waals surface area contributed by atoms with Gasteiger partial charge in [0.15, 0.2) is 0 Å². The first-order chi connectivity index (χ1) is 11.6. The van der Waals surface area contributed by atoms with Gasteiger partial charge in [-0.05, 0) is 17.5 Å². The molecule has 0 saturated carbocycles. The summed E-state index contributed by atoms with van der Waals surface area (Å²) in [7, 11) is 0. The number of rotatable bonds is 8. The molecule has 24 heavy (non-hydrogen) atoms. The summed E-state index contributed by atoms with van der Waals surface area (Å²) in [6.45, 7) is 6.88. The number of nitrogens with two attached hydrogens (primary N) is 1. The molecule has 0 saturated heterocycles. The van der Waals surface area contributed by atoms with Gasteiger partial charge in [-0.15, -0.1) is 6.58 Å². The van der Waals surface area contributed by atoms with Crippen LogP contribution < -0.4 is 5.73 Å². The van der Waals surface area contributed by atoms with E-state index in [1.54, 1.807) is 6.08 Å². The molecule has 0 heterocycles. The smallest absolute Gasteiger partial charge is 0.227 e. The Hall–Kier alpha value is -2.39. The summed E-state index contributed by atoms with van der Waals surface area (Å²) >= 11 is 0. The van der Waals surface area contributed by atoms with Gasteiger partial charge in [-0.25, -0.2) is 0 Å². The standard InChI is InChI=1S/C21H26N2O/c1-3-15-23(16-14-18-10-6-4-7-11-18)21(24)17(2)20(22)19-12-8-5-9-13-19/h3-13,17,20H,1,14-16,22H2,2H3. The van der Waals surface area contributed by atoms with Crippen LogP contribution in [0, 0.1) is 5.92 Å². The second kappa shape index (κ2) is 9.04. The number of benzene rings is 2. The molecule has 0 fully saturated rings. The molecule has 2 atom stereocenters. The molecule has 3 nitrogen and oxygen atoms in total. The van der Waals surface area contributed by atoms with Crippen LogP contribution in [0.25, 0.3) is 0 Å². The van der Waals surface area contributed by atoms with Gasteiger partial charge in [-0.1, -0.05) is 73.7 Å². The molecule has 0 aliphatic rings. The first-order valence-corrected chi connectivity index (χ1v) is 8.37. The summed E-state index contributed by atoms with van der Waals surface area (Å²) in [5.41, 5.74) is 8.52. The molecule has 0 aromatic heterocycles. The van der Waals surface area contributed by atoms with Crippen molar-refractivity contribution in [3.63, 3.8) is 0 Å². The molecule has 2 N–H and O–H groups in total. The van der Waals surface area contributed by atoms with E-state index >= 15 is 0 Å². The molecule has 2 aromatic carbocycles. The number of amides is 1. The zero-order valence-corrected chi connectivity index (χ0v) is 14.3. The third-order valence-electron chi connectivity index (χ3n) is 4.29. The fraction of sp³-hybridized carbons (Fsp3) is 0.286. The van der Waals surface area contributed by atoms with Crippen LogP contribution in [-0.4, -0.2) is 23.9 Å². The summed E-state index contributed by atoms with van der Waals surface area (Å²) in [6.07, 6.45) is 2.59. The van der Waals surface area contributed by atoms with Crippen LogP contribution in [0.4, 0.5) is 0 Å². The number of hydrogen-bond acceptors (Lipinski definition) is 2. The molecule has 3 heteroatoms. The number of carbonyl (C=O) groups excluding carboxylic acids is 1. The van der Waals surface area contributed by atoms with Crippen LogP contribution in [0.5, 0.6) is 0 Å². The Bertz CT molecular complexity index is 639. The van der Waals surface area contributed by atoms with Crippen LogP contribution >= 0.6 is 0 Å². The molecule has 2 rings (SSSR count). The molecule has 0 aliphatic heterocycles. The van der Waals surface area contributed by atoms with Crippen molar-refractivity contribution in [3.05, 3.63) is 84.4 Å². The molecule has 126 valence electrons. The Kier molecular flexibility index (Phi) is 6.76. The van der Waals surface area contributed by atoms with Crippen LogP contribution in [0.15, 0.2) is 73.3 Å². The number of hydrogen-bond donors (Lipinski definition) is 1. The lowest BCUT2D eigenvalue weighted by Gasteiger charge is -2.28. The van der Waals surface area contributed by atoms with Crippen molar-refractivity contribution in [1.29, 1.82) is 0 Å². The fourth-order valence-corrected chi connectivity index (χ4v) is 2.76. The van der Waals surface area contributed by atoms with E-state index in [0.717, 1.165) is 12.0 Å². The van der Waals surface area contributed by atoms with E-state index in [9.17, 15) is 4.79 Å². The van der Waals surface area contributed by atoms with Gasteiger partial charge in [0, 0.05) is 19.1 Å². The Morgan fingerprint density at radius 1 is 1.12 bits per heavy atom. The Labute approximate surface area is 144 Å². The molecule has 0 spiro atoms. The maximum absolute atomic E-state index is 12.9. The number of nitrogens with zero attached hydrogens (tertiary/aromatic N) is 1. The fourth-order valence-electron chi connectivity index (χ4n) is 2.76. The van der Waals surface area contributed by atoms with Gasteiger partial charge in [0.2, 0.25) is 5.91 Å². The Morgan fingerprint density at radius 2 is 1.71 bits per heavy atom. The van der Waals surface area contributed by atoms with E-state index in [0.29, 0.717) is 13.1 Å². The average molecular weight is 322 g/mol. The van der Waals surface area contributed by atoms with Crippen molar-refractivity contribution >= 4 is 5.91 Å². The predicted octanol–water partition coefficient (Wildman–Crippen LogP) is 3.58. The molecule has 0 bridgehead atoms. The van der Waals surface area contributed by atoms with Gasteiger partial charge >= 0.3 is 0 Å². The Morgan fingerprint density at radius 3 is 2.29 bits per heavy atom. The quantitative estimate of drug-likeness (QED) is 0.755. The minimum Gasteiger partial charge on any atom is -0.338 e. The van der Waals surface area contributed by atoms with E-state index in [2.05, 4.69) is 18.7 Å². The topological polar surface area (TPSA) is 46.3 Å². The van der Waals surface area contributed by atoms with E-state index in [1.807, 2.05) is 60.4 Å². The Balaban J connectivity index is 2.03. The lowest BCUT2D eigenvalue weighted by Crippen LogP contribution is -2.40. The minimum atomic E-state index is -0.303. The van der Waals surface area contributed by atoms with Crippen molar-refractivity contribution < 1.29 is 4.79 Å². The predicted molar refractivity (Wildman–Crippen MR) is 99.5 cm³/mol. The zero-order chi connectivity index (χ0) is 17.4. The van der Waals surface area contributed by atoms with E-state index < -0.39 is 0 Å². The molecule has 2 aromatic rings. The highest BCUT2D eigenvalue weighted by atomic mass is 16.2. The SMILES string of the molecule is C=CCN(CCc1ccccc1)C(=O)C(C)C(N)c1ccccc1. The van der Waals surface area contributed by atoms with Crippen LogP contribution in [0.3, 0.4) is 0 Å². The van der Waals surface area contributed by atoms with Gasteiger partial charge in [0.25, 0.3) is 0 Å². The third-order valence-corrected chi connectivity index (χ3v) is 4.29. The first-order valence-electron chi connectivity index (χ1n) is 8.37. The average Bonchev–Trinajstić information content (AvgIpc) is 2.65. The lowest BCUT2D eigenvalue weighted by molar-refractivity contribution is -0.135. The van der Waals surface area contributed by atoms with Gasteiger partial charge in [-0.2, -0.15) is 0 Å². The second-order valence-corrected chi connectivity index (χ2v) is 6.03. The summed E-state index contributed by atoms with van der Waals surface area (Å²) in [4.78, 5) is 14.7. The van der Waals surface area contributed by atoms with Gasteiger partial charge < -0.3 is 10.6 Å². The third kappa shape index (κ3) is 4.80.